The lowest BCUT2D eigenvalue weighted by Crippen LogP contribution is -2.48. The largest absolute Gasteiger partial charge is 0.383 e. The van der Waals surface area contributed by atoms with Crippen LogP contribution in [0.3, 0.4) is 0 Å². The zero-order valence-corrected chi connectivity index (χ0v) is 13.6. The van der Waals surface area contributed by atoms with Crippen molar-refractivity contribution in [2.45, 2.75) is 38.8 Å². The number of fused-ring (bicyclic) bond motifs is 1. The molecule has 1 aromatic heterocycles. The van der Waals surface area contributed by atoms with Crippen molar-refractivity contribution in [3.8, 4) is 0 Å². The molecule has 0 saturated heterocycles. The lowest BCUT2D eigenvalue weighted by Gasteiger charge is -2.22. The van der Waals surface area contributed by atoms with Crippen molar-refractivity contribution in [3.05, 3.63) is 30.5 Å². The summed E-state index contributed by atoms with van der Waals surface area (Å²) in [6.07, 6.45) is 3.56. The Morgan fingerprint density at radius 3 is 2.86 bits per heavy atom. The third kappa shape index (κ3) is 3.67. The van der Waals surface area contributed by atoms with E-state index in [-0.39, 0.29) is 5.91 Å². The molecule has 0 aliphatic heterocycles. The van der Waals surface area contributed by atoms with Crippen LogP contribution in [0.5, 0.6) is 0 Å². The molecule has 0 aliphatic carbocycles. The van der Waals surface area contributed by atoms with Gasteiger partial charge in [0.25, 0.3) is 0 Å². The first-order valence-electron chi connectivity index (χ1n) is 7.66. The summed E-state index contributed by atoms with van der Waals surface area (Å²) in [4.78, 5) is 12.3. The maximum absolute atomic E-state index is 12.3. The molecule has 22 heavy (non-hydrogen) atoms. The van der Waals surface area contributed by atoms with Crippen LogP contribution in [-0.4, -0.2) is 29.7 Å². The minimum absolute atomic E-state index is 0.149. The Balaban J connectivity index is 2.20. The standard InChI is InChI=1S/C17H25N3O2/c1-4-8-17(2,18)16(21)19-14-6-5-13-7-9-20(10-11-22-3)15(13)12-14/h5-7,9,12H,4,8,10-11,18H2,1-3H3,(H,19,21). The minimum Gasteiger partial charge on any atom is -0.383 e. The SMILES string of the molecule is CCCC(C)(N)C(=O)Nc1ccc2ccn(CCOC)c2c1. The number of methoxy groups -OCH3 is 1. The van der Waals surface area contributed by atoms with Crippen LogP contribution in [-0.2, 0) is 16.1 Å². The highest BCUT2D eigenvalue weighted by Gasteiger charge is 2.27. The summed E-state index contributed by atoms with van der Waals surface area (Å²) in [5, 5.41) is 4.06. The summed E-state index contributed by atoms with van der Waals surface area (Å²) in [5.74, 6) is -0.149. The average Bonchev–Trinajstić information content (AvgIpc) is 2.87. The molecule has 5 nitrogen and oxygen atoms in total. The number of carbonyl (C=O) groups excluding carboxylic acids is 1. The van der Waals surface area contributed by atoms with Gasteiger partial charge in [0.15, 0.2) is 0 Å². The molecule has 0 spiro atoms. The molecule has 1 heterocycles. The highest BCUT2D eigenvalue weighted by molar-refractivity contribution is 5.99. The van der Waals surface area contributed by atoms with Crippen molar-refractivity contribution >= 4 is 22.5 Å². The first-order valence-corrected chi connectivity index (χ1v) is 7.66. The van der Waals surface area contributed by atoms with E-state index in [0.29, 0.717) is 13.0 Å². The van der Waals surface area contributed by atoms with E-state index >= 15 is 0 Å². The Labute approximate surface area is 131 Å². The molecule has 3 N–H and O–H groups in total. The maximum atomic E-state index is 12.3. The second kappa shape index (κ2) is 6.94. The summed E-state index contributed by atoms with van der Waals surface area (Å²) in [6.45, 7) is 5.22. The fraction of sp³-hybridized carbons (Fsp3) is 0.471. The molecule has 1 amide bonds. The van der Waals surface area contributed by atoms with Gasteiger partial charge in [0.05, 0.1) is 17.7 Å². The number of nitrogens with zero attached hydrogens (tertiary/aromatic N) is 1. The van der Waals surface area contributed by atoms with E-state index in [1.807, 2.05) is 31.3 Å². The van der Waals surface area contributed by atoms with E-state index in [1.54, 1.807) is 14.0 Å². The number of aromatic nitrogens is 1. The summed E-state index contributed by atoms with van der Waals surface area (Å²) in [6, 6.07) is 7.94. The quantitative estimate of drug-likeness (QED) is 0.826. The van der Waals surface area contributed by atoms with Gasteiger partial charge < -0.3 is 20.4 Å². The number of rotatable bonds is 7. The van der Waals surface area contributed by atoms with Gasteiger partial charge in [0.1, 0.15) is 0 Å². The molecule has 0 saturated carbocycles. The number of nitrogens with two attached hydrogens (primary N) is 1. The molecule has 0 radical (unpaired) electrons. The van der Waals surface area contributed by atoms with Gasteiger partial charge in [0, 0.05) is 25.5 Å². The van der Waals surface area contributed by atoms with Gasteiger partial charge in [-0.3, -0.25) is 4.79 Å². The van der Waals surface area contributed by atoms with Crippen LogP contribution in [0.4, 0.5) is 5.69 Å². The molecule has 1 atom stereocenters. The molecule has 1 aromatic carbocycles. The van der Waals surface area contributed by atoms with Crippen LogP contribution in [0.2, 0.25) is 0 Å². The molecule has 5 heteroatoms. The lowest BCUT2D eigenvalue weighted by molar-refractivity contribution is -0.120. The van der Waals surface area contributed by atoms with Crippen molar-refractivity contribution in [2.75, 3.05) is 19.0 Å². The molecule has 0 aliphatic rings. The number of amides is 1. The fourth-order valence-electron chi connectivity index (χ4n) is 2.55. The van der Waals surface area contributed by atoms with Crippen molar-refractivity contribution < 1.29 is 9.53 Å². The van der Waals surface area contributed by atoms with Crippen molar-refractivity contribution in [2.24, 2.45) is 5.73 Å². The third-order valence-electron chi connectivity index (χ3n) is 3.86. The topological polar surface area (TPSA) is 69.3 Å². The normalized spacial score (nSPS) is 14.0. The fourth-order valence-corrected chi connectivity index (χ4v) is 2.55. The maximum Gasteiger partial charge on any atom is 0.244 e. The Morgan fingerprint density at radius 1 is 1.41 bits per heavy atom. The van der Waals surface area contributed by atoms with Gasteiger partial charge in [-0.05, 0) is 36.9 Å². The number of carbonyl (C=O) groups is 1. The van der Waals surface area contributed by atoms with Gasteiger partial charge >= 0.3 is 0 Å². The summed E-state index contributed by atoms with van der Waals surface area (Å²) < 4.78 is 7.24. The van der Waals surface area contributed by atoms with Gasteiger partial charge in [-0.2, -0.15) is 0 Å². The molecule has 2 rings (SSSR count). The zero-order chi connectivity index (χ0) is 16.2. The first-order chi connectivity index (χ1) is 10.5. The van der Waals surface area contributed by atoms with E-state index < -0.39 is 5.54 Å². The molecule has 1 unspecified atom stereocenters. The molecule has 120 valence electrons. The van der Waals surface area contributed by atoms with E-state index in [9.17, 15) is 4.79 Å². The summed E-state index contributed by atoms with van der Waals surface area (Å²) in [5.41, 5.74) is 7.07. The number of ether oxygens (including phenoxy) is 1. The van der Waals surface area contributed by atoms with Gasteiger partial charge in [-0.25, -0.2) is 0 Å². The second-order valence-corrected chi connectivity index (χ2v) is 5.90. The van der Waals surface area contributed by atoms with Crippen molar-refractivity contribution in [3.63, 3.8) is 0 Å². The molecular formula is C17H25N3O2. The molecule has 0 fully saturated rings. The van der Waals surface area contributed by atoms with E-state index in [0.717, 1.165) is 29.6 Å². The summed E-state index contributed by atoms with van der Waals surface area (Å²) in [7, 11) is 1.69. The molecular weight excluding hydrogens is 278 g/mol. The van der Waals surface area contributed by atoms with Crippen LogP contribution >= 0.6 is 0 Å². The predicted octanol–water partition coefficient (Wildman–Crippen LogP) is 2.74. The Morgan fingerprint density at radius 2 is 2.18 bits per heavy atom. The van der Waals surface area contributed by atoms with Gasteiger partial charge in [-0.1, -0.05) is 19.4 Å². The number of benzene rings is 1. The Bertz CT molecular complexity index is 646. The Kier molecular flexibility index (Phi) is 5.21. The number of anilines is 1. The van der Waals surface area contributed by atoms with Gasteiger partial charge in [-0.15, -0.1) is 0 Å². The van der Waals surface area contributed by atoms with Gasteiger partial charge in [0.2, 0.25) is 5.91 Å². The minimum atomic E-state index is -0.845. The van der Waals surface area contributed by atoms with Crippen LogP contribution in [0.15, 0.2) is 30.5 Å². The highest BCUT2D eigenvalue weighted by atomic mass is 16.5. The summed E-state index contributed by atoms with van der Waals surface area (Å²) >= 11 is 0. The van der Waals surface area contributed by atoms with Crippen LogP contribution < -0.4 is 11.1 Å². The molecule has 0 bridgehead atoms. The monoisotopic (exact) mass is 303 g/mol. The van der Waals surface area contributed by atoms with Crippen molar-refractivity contribution in [1.82, 2.24) is 4.57 Å². The second-order valence-electron chi connectivity index (χ2n) is 5.90. The van der Waals surface area contributed by atoms with E-state index in [2.05, 4.69) is 16.0 Å². The Hall–Kier alpha value is -1.85. The number of nitrogens with one attached hydrogen (secondary N) is 1. The zero-order valence-electron chi connectivity index (χ0n) is 13.6. The molecule has 2 aromatic rings. The number of hydrogen-bond acceptors (Lipinski definition) is 3. The first kappa shape index (κ1) is 16.5. The van der Waals surface area contributed by atoms with Crippen molar-refractivity contribution in [1.29, 1.82) is 0 Å². The predicted molar refractivity (Wildman–Crippen MR) is 89.9 cm³/mol. The lowest BCUT2D eigenvalue weighted by atomic mass is 9.96. The number of hydrogen-bond donors (Lipinski definition) is 2. The third-order valence-corrected chi connectivity index (χ3v) is 3.86. The van der Waals surface area contributed by atoms with E-state index in [4.69, 9.17) is 10.5 Å². The highest BCUT2D eigenvalue weighted by Crippen LogP contribution is 2.22. The average molecular weight is 303 g/mol. The van der Waals surface area contributed by atoms with E-state index in [1.165, 1.54) is 0 Å². The smallest absolute Gasteiger partial charge is 0.244 e. The van der Waals surface area contributed by atoms with Crippen LogP contribution in [0.1, 0.15) is 26.7 Å². The van der Waals surface area contributed by atoms with Crippen LogP contribution in [0.25, 0.3) is 10.9 Å². The van der Waals surface area contributed by atoms with Crippen LogP contribution in [0, 0.1) is 0 Å².